The van der Waals surface area contributed by atoms with E-state index >= 15 is 0 Å². The van der Waals surface area contributed by atoms with Crippen molar-refractivity contribution in [1.82, 2.24) is 10.3 Å². The van der Waals surface area contributed by atoms with E-state index in [9.17, 15) is 14.4 Å². The molecular formula is C15H15N3O3. The Morgan fingerprint density at radius 3 is 2.48 bits per heavy atom. The fraction of sp³-hybridized carbons (Fsp3) is 0.133. The number of nitrogens with one attached hydrogen (secondary N) is 3. The van der Waals surface area contributed by atoms with Crippen molar-refractivity contribution in [2.45, 2.75) is 13.5 Å². The number of benzene rings is 1. The van der Waals surface area contributed by atoms with E-state index in [0.717, 1.165) is 5.56 Å². The molecule has 0 atom stereocenters. The average Bonchev–Trinajstić information content (AvgIpc) is 2.45. The largest absolute Gasteiger partial charge is 0.348 e. The van der Waals surface area contributed by atoms with Crippen LogP contribution in [0.3, 0.4) is 0 Å². The smallest absolute Gasteiger partial charge is 0.251 e. The predicted molar refractivity (Wildman–Crippen MR) is 79.0 cm³/mol. The van der Waals surface area contributed by atoms with Gasteiger partial charge < -0.3 is 15.6 Å². The fourth-order valence-electron chi connectivity index (χ4n) is 1.78. The van der Waals surface area contributed by atoms with Gasteiger partial charge in [-0.3, -0.25) is 14.4 Å². The number of H-pyrrole nitrogens is 1. The number of carbonyl (C=O) groups excluding carboxylic acids is 2. The normalized spacial score (nSPS) is 9.95. The number of amides is 2. The lowest BCUT2D eigenvalue weighted by Gasteiger charge is -2.06. The first-order valence-corrected chi connectivity index (χ1v) is 6.38. The summed E-state index contributed by atoms with van der Waals surface area (Å²) in [6.07, 6.45) is 1.43. The summed E-state index contributed by atoms with van der Waals surface area (Å²) in [5.74, 6) is -0.447. The molecule has 6 nitrogen and oxygen atoms in total. The zero-order valence-corrected chi connectivity index (χ0v) is 11.5. The Balaban J connectivity index is 1.95. The minimum atomic E-state index is -0.317. The number of hydrogen-bond donors (Lipinski definition) is 3. The first-order chi connectivity index (χ1) is 10.0. The minimum Gasteiger partial charge on any atom is -0.348 e. The summed E-state index contributed by atoms with van der Waals surface area (Å²) in [5.41, 5.74) is 1.59. The number of hydrogen-bond acceptors (Lipinski definition) is 3. The van der Waals surface area contributed by atoms with E-state index in [0.29, 0.717) is 17.8 Å². The summed E-state index contributed by atoms with van der Waals surface area (Å²) in [6, 6.07) is 9.92. The van der Waals surface area contributed by atoms with Crippen molar-refractivity contribution in [1.29, 1.82) is 0 Å². The van der Waals surface area contributed by atoms with E-state index in [-0.39, 0.29) is 17.4 Å². The molecule has 0 saturated heterocycles. The molecule has 0 spiro atoms. The molecule has 3 N–H and O–H groups in total. The van der Waals surface area contributed by atoms with Crippen molar-refractivity contribution in [3.8, 4) is 0 Å². The van der Waals surface area contributed by atoms with Gasteiger partial charge in [0.05, 0.1) is 0 Å². The van der Waals surface area contributed by atoms with E-state index in [1.807, 2.05) is 12.1 Å². The van der Waals surface area contributed by atoms with E-state index in [4.69, 9.17) is 0 Å². The minimum absolute atomic E-state index is 0.134. The standard InChI is InChI=1S/C15H15N3O3/c1-10(19)18-13-4-2-11(3-5-13)9-17-15(21)12-6-7-16-14(20)8-12/h2-8H,9H2,1H3,(H,16,20)(H,17,21)(H,18,19). The Hall–Kier alpha value is -2.89. The molecule has 2 aromatic rings. The van der Waals surface area contributed by atoms with E-state index in [1.54, 1.807) is 12.1 Å². The van der Waals surface area contributed by atoms with Gasteiger partial charge in [0.25, 0.3) is 5.91 Å². The average molecular weight is 285 g/mol. The van der Waals surface area contributed by atoms with Gasteiger partial charge in [0.1, 0.15) is 0 Å². The molecule has 0 unspecified atom stereocenters. The lowest BCUT2D eigenvalue weighted by Crippen LogP contribution is -2.24. The Kier molecular flexibility index (Phi) is 4.50. The van der Waals surface area contributed by atoms with Crippen LogP contribution in [0, 0.1) is 0 Å². The number of pyridine rings is 1. The summed E-state index contributed by atoms with van der Waals surface area (Å²) in [7, 11) is 0. The molecule has 1 heterocycles. The summed E-state index contributed by atoms with van der Waals surface area (Å²) in [4.78, 5) is 36.3. The SMILES string of the molecule is CC(=O)Nc1ccc(CNC(=O)c2cc[nH]c(=O)c2)cc1. The van der Waals surface area contributed by atoms with Crippen LogP contribution in [-0.4, -0.2) is 16.8 Å². The zero-order valence-electron chi connectivity index (χ0n) is 11.5. The van der Waals surface area contributed by atoms with Crippen LogP contribution in [0.2, 0.25) is 0 Å². The molecule has 2 rings (SSSR count). The van der Waals surface area contributed by atoms with Crippen LogP contribution < -0.4 is 16.2 Å². The summed E-state index contributed by atoms with van der Waals surface area (Å²) in [5, 5.41) is 5.39. The molecular weight excluding hydrogens is 270 g/mol. The van der Waals surface area contributed by atoms with Crippen molar-refractivity contribution in [3.63, 3.8) is 0 Å². The van der Waals surface area contributed by atoms with Gasteiger partial charge in [0.2, 0.25) is 11.5 Å². The highest BCUT2D eigenvalue weighted by Gasteiger charge is 2.05. The van der Waals surface area contributed by atoms with Crippen molar-refractivity contribution < 1.29 is 9.59 Å². The number of aromatic nitrogens is 1. The topological polar surface area (TPSA) is 91.1 Å². The monoisotopic (exact) mass is 285 g/mol. The second kappa shape index (κ2) is 6.51. The predicted octanol–water partition coefficient (Wildman–Crippen LogP) is 1.26. The molecule has 1 aromatic carbocycles. The fourth-order valence-corrected chi connectivity index (χ4v) is 1.78. The van der Waals surface area contributed by atoms with Gasteiger partial charge in [-0.2, -0.15) is 0 Å². The number of carbonyl (C=O) groups is 2. The van der Waals surface area contributed by atoms with Crippen LogP contribution in [0.4, 0.5) is 5.69 Å². The summed E-state index contributed by atoms with van der Waals surface area (Å²) < 4.78 is 0. The number of anilines is 1. The molecule has 0 bridgehead atoms. The molecule has 0 aliphatic carbocycles. The van der Waals surface area contributed by atoms with Crippen molar-refractivity contribution >= 4 is 17.5 Å². The molecule has 21 heavy (non-hydrogen) atoms. The summed E-state index contributed by atoms with van der Waals surface area (Å²) >= 11 is 0. The molecule has 0 fully saturated rings. The van der Waals surface area contributed by atoms with Crippen molar-refractivity contribution in [2.24, 2.45) is 0 Å². The maximum atomic E-state index is 11.9. The highest BCUT2D eigenvalue weighted by atomic mass is 16.2. The van der Waals surface area contributed by atoms with E-state index < -0.39 is 0 Å². The van der Waals surface area contributed by atoms with Crippen molar-refractivity contribution in [2.75, 3.05) is 5.32 Å². The third-order valence-electron chi connectivity index (χ3n) is 2.76. The quantitative estimate of drug-likeness (QED) is 0.790. The molecule has 108 valence electrons. The second-order valence-electron chi connectivity index (χ2n) is 4.50. The van der Waals surface area contributed by atoms with Gasteiger partial charge in [0, 0.05) is 37.0 Å². The van der Waals surface area contributed by atoms with Gasteiger partial charge in [-0.1, -0.05) is 12.1 Å². The molecule has 2 amide bonds. The molecule has 0 aliphatic heterocycles. The first kappa shape index (κ1) is 14.5. The summed E-state index contributed by atoms with van der Waals surface area (Å²) in [6.45, 7) is 1.78. The maximum absolute atomic E-state index is 11.9. The van der Waals surface area contributed by atoms with Gasteiger partial charge in [0.15, 0.2) is 0 Å². The molecule has 1 aromatic heterocycles. The van der Waals surface area contributed by atoms with Gasteiger partial charge in [-0.05, 0) is 23.8 Å². The van der Waals surface area contributed by atoms with Crippen LogP contribution in [0.25, 0.3) is 0 Å². The number of rotatable bonds is 4. The van der Waals surface area contributed by atoms with Crippen LogP contribution in [-0.2, 0) is 11.3 Å². The Morgan fingerprint density at radius 2 is 1.86 bits per heavy atom. The van der Waals surface area contributed by atoms with Crippen LogP contribution >= 0.6 is 0 Å². The Bertz CT molecular complexity index is 705. The maximum Gasteiger partial charge on any atom is 0.251 e. The lowest BCUT2D eigenvalue weighted by molar-refractivity contribution is -0.114. The molecule has 0 radical (unpaired) electrons. The molecule has 6 heteroatoms. The van der Waals surface area contributed by atoms with E-state index in [2.05, 4.69) is 15.6 Å². The number of aromatic amines is 1. The highest BCUT2D eigenvalue weighted by Crippen LogP contribution is 2.09. The van der Waals surface area contributed by atoms with Crippen molar-refractivity contribution in [3.05, 3.63) is 64.1 Å². The Morgan fingerprint density at radius 1 is 1.14 bits per heavy atom. The van der Waals surface area contributed by atoms with Crippen LogP contribution in [0.5, 0.6) is 0 Å². The second-order valence-corrected chi connectivity index (χ2v) is 4.50. The van der Waals surface area contributed by atoms with Gasteiger partial charge >= 0.3 is 0 Å². The third kappa shape index (κ3) is 4.31. The lowest BCUT2D eigenvalue weighted by atomic mass is 10.2. The van der Waals surface area contributed by atoms with Crippen LogP contribution in [0.15, 0.2) is 47.4 Å². The third-order valence-corrected chi connectivity index (χ3v) is 2.76. The van der Waals surface area contributed by atoms with Gasteiger partial charge in [-0.25, -0.2) is 0 Å². The highest BCUT2D eigenvalue weighted by molar-refractivity contribution is 5.93. The van der Waals surface area contributed by atoms with E-state index in [1.165, 1.54) is 25.3 Å². The zero-order chi connectivity index (χ0) is 15.2. The van der Waals surface area contributed by atoms with Gasteiger partial charge in [-0.15, -0.1) is 0 Å². The molecule has 0 aliphatic rings. The van der Waals surface area contributed by atoms with Crippen LogP contribution in [0.1, 0.15) is 22.8 Å². The molecule has 0 saturated carbocycles. The first-order valence-electron chi connectivity index (χ1n) is 6.38. The Labute approximate surface area is 121 Å².